The van der Waals surface area contributed by atoms with Crippen molar-refractivity contribution in [1.82, 2.24) is 9.88 Å². The molecule has 3 aromatic carbocycles. The average Bonchev–Trinajstić information content (AvgIpc) is 2.89. The number of hydrogen-bond donors (Lipinski definition) is 1. The van der Waals surface area contributed by atoms with Crippen LogP contribution in [0.3, 0.4) is 0 Å². The van der Waals surface area contributed by atoms with Crippen molar-refractivity contribution in [2.24, 2.45) is 0 Å². The van der Waals surface area contributed by atoms with Gasteiger partial charge in [0, 0.05) is 66.5 Å². The Labute approximate surface area is 200 Å². The van der Waals surface area contributed by atoms with E-state index in [-0.39, 0.29) is 0 Å². The predicted molar refractivity (Wildman–Crippen MR) is 140 cm³/mol. The number of piperazine rings is 1. The summed E-state index contributed by atoms with van der Waals surface area (Å²) < 4.78 is 11.0. The van der Waals surface area contributed by atoms with E-state index in [0.29, 0.717) is 0 Å². The number of hydrogen-bond acceptors (Lipinski definition) is 6. The molecule has 1 N–H and O–H groups in total. The third-order valence-electron chi connectivity index (χ3n) is 6.48. The average molecular weight is 455 g/mol. The van der Waals surface area contributed by atoms with Crippen LogP contribution in [0.15, 0.2) is 72.9 Å². The number of anilines is 3. The number of nitrogens with zero attached hydrogens (tertiary/aromatic N) is 3. The molecule has 0 amide bonds. The zero-order valence-corrected chi connectivity index (χ0v) is 19.9. The van der Waals surface area contributed by atoms with Crippen LogP contribution in [-0.2, 0) is 0 Å². The molecule has 0 aliphatic carbocycles. The lowest BCUT2D eigenvalue weighted by Gasteiger charge is -2.34. The van der Waals surface area contributed by atoms with Gasteiger partial charge in [-0.05, 0) is 67.2 Å². The highest BCUT2D eigenvalue weighted by molar-refractivity contribution is 5.96. The van der Waals surface area contributed by atoms with Gasteiger partial charge in [0.1, 0.15) is 11.5 Å². The molecule has 1 aromatic heterocycles. The van der Waals surface area contributed by atoms with Crippen molar-refractivity contribution < 1.29 is 9.47 Å². The van der Waals surface area contributed by atoms with Crippen molar-refractivity contribution in [2.45, 2.75) is 0 Å². The van der Waals surface area contributed by atoms with Crippen LogP contribution >= 0.6 is 0 Å². The molecule has 0 bridgehead atoms. The minimum atomic E-state index is 0.769. The molecule has 1 saturated heterocycles. The Kier molecular flexibility index (Phi) is 6.23. The first kappa shape index (κ1) is 22.0. The zero-order chi connectivity index (χ0) is 23.5. The maximum absolute atomic E-state index is 5.63. The van der Waals surface area contributed by atoms with Crippen LogP contribution in [0.1, 0.15) is 0 Å². The molecule has 174 valence electrons. The fourth-order valence-corrected chi connectivity index (χ4v) is 4.44. The molecular weight excluding hydrogens is 424 g/mol. The van der Waals surface area contributed by atoms with Crippen molar-refractivity contribution >= 4 is 28.0 Å². The van der Waals surface area contributed by atoms with Gasteiger partial charge in [-0.15, -0.1) is 0 Å². The molecular formula is C28H30N4O2. The number of ether oxygens (including phenoxy) is 2. The van der Waals surface area contributed by atoms with E-state index in [9.17, 15) is 0 Å². The lowest BCUT2D eigenvalue weighted by Crippen LogP contribution is -2.44. The number of rotatable bonds is 6. The molecule has 0 unspecified atom stereocenters. The van der Waals surface area contributed by atoms with Crippen LogP contribution in [-0.4, -0.2) is 57.3 Å². The molecule has 6 nitrogen and oxygen atoms in total. The molecule has 0 spiro atoms. The molecule has 1 aliphatic heterocycles. The number of aromatic nitrogens is 1. The molecule has 2 heterocycles. The highest BCUT2D eigenvalue weighted by Gasteiger charge is 2.14. The summed E-state index contributed by atoms with van der Waals surface area (Å²) in [7, 11) is 5.52. The number of nitrogens with one attached hydrogen (secondary N) is 1. The van der Waals surface area contributed by atoms with Crippen molar-refractivity contribution in [2.75, 3.05) is 57.7 Å². The van der Waals surface area contributed by atoms with E-state index in [0.717, 1.165) is 71.1 Å². The molecule has 0 radical (unpaired) electrons. The summed E-state index contributed by atoms with van der Waals surface area (Å²) in [6.45, 7) is 4.33. The third kappa shape index (κ3) is 4.50. The van der Waals surface area contributed by atoms with Crippen LogP contribution in [0.2, 0.25) is 0 Å². The Morgan fingerprint density at radius 1 is 0.824 bits per heavy atom. The predicted octanol–water partition coefficient (Wildman–Crippen LogP) is 5.41. The van der Waals surface area contributed by atoms with E-state index in [2.05, 4.69) is 69.6 Å². The Morgan fingerprint density at radius 3 is 2.35 bits per heavy atom. The molecule has 0 saturated carbocycles. The number of likely N-dealkylation sites (N-methyl/N-ethyl adjacent to an activating group) is 1. The summed E-state index contributed by atoms with van der Waals surface area (Å²) in [4.78, 5) is 9.38. The molecule has 0 atom stereocenters. The normalized spacial score (nSPS) is 14.3. The fourth-order valence-electron chi connectivity index (χ4n) is 4.44. The van der Waals surface area contributed by atoms with Gasteiger partial charge in [0.15, 0.2) is 0 Å². The van der Waals surface area contributed by atoms with E-state index >= 15 is 0 Å². The lowest BCUT2D eigenvalue weighted by molar-refractivity contribution is 0.313. The second kappa shape index (κ2) is 9.61. The molecule has 4 aromatic rings. The lowest BCUT2D eigenvalue weighted by atomic mass is 10.0. The van der Waals surface area contributed by atoms with Crippen molar-refractivity contribution in [3.63, 3.8) is 0 Å². The van der Waals surface area contributed by atoms with Gasteiger partial charge in [-0.1, -0.05) is 6.07 Å². The van der Waals surface area contributed by atoms with Gasteiger partial charge in [-0.25, -0.2) is 0 Å². The van der Waals surface area contributed by atoms with Crippen LogP contribution in [0, 0.1) is 0 Å². The third-order valence-corrected chi connectivity index (χ3v) is 6.48. The highest BCUT2D eigenvalue weighted by Crippen LogP contribution is 2.36. The van der Waals surface area contributed by atoms with E-state index in [4.69, 9.17) is 9.47 Å². The second-order valence-corrected chi connectivity index (χ2v) is 8.62. The van der Waals surface area contributed by atoms with Crippen LogP contribution in [0.25, 0.3) is 22.0 Å². The standard InChI is InChI=1S/C28H30N4O2/c1-31-14-16-32(17-15-31)22-7-5-21(6-8-22)30-27-12-13-29-26-11-4-20(18-25(26)27)24-10-9-23(33-2)19-28(24)34-3/h4-13,18-19H,14-17H2,1-3H3,(H,29,30). The highest BCUT2D eigenvalue weighted by atomic mass is 16.5. The Hall–Kier alpha value is -3.77. The molecule has 34 heavy (non-hydrogen) atoms. The van der Waals surface area contributed by atoms with Crippen LogP contribution < -0.4 is 19.7 Å². The van der Waals surface area contributed by atoms with Gasteiger partial charge in [-0.3, -0.25) is 4.98 Å². The molecule has 5 rings (SSSR count). The van der Waals surface area contributed by atoms with Gasteiger partial charge in [0.25, 0.3) is 0 Å². The van der Waals surface area contributed by atoms with Gasteiger partial charge in [0.2, 0.25) is 0 Å². The van der Waals surface area contributed by atoms with Crippen LogP contribution in [0.4, 0.5) is 17.1 Å². The van der Waals surface area contributed by atoms with Gasteiger partial charge in [0.05, 0.1) is 19.7 Å². The summed E-state index contributed by atoms with van der Waals surface area (Å²) in [5, 5.41) is 4.65. The summed E-state index contributed by atoms with van der Waals surface area (Å²) >= 11 is 0. The summed E-state index contributed by atoms with van der Waals surface area (Å²) in [5.41, 5.74) is 6.36. The maximum Gasteiger partial charge on any atom is 0.130 e. The monoisotopic (exact) mass is 454 g/mol. The topological polar surface area (TPSA) is 49.9 Å². The largest absolute Gasteiger partial charge is 0.497 e. The summed E-state index contributed by atoms with van der Waals surface area (Å²) in [6.07, 6.45) is 1.84. The number of fused-ring (bicyclic) bond motifs is 1. The first-order valence-corrected chi connectivity index (χ1v) is 11.6. The Balaban J connectivity index is 1.43. The first-order chi connectivity index (χ1) is 16.6. The maximum atomic E-state index is 5.63. The molecule has 1 fully saturated rings. The quantitative estimate of drug-likeness (QED) is 0.420. The SMILES string of the molecule is COc1ccc(-c2ccc3nccc(Nc4ccc(N5CCN(C)CC5)cc4)c3c2)c(OC)c1. The summed E-state index contributed by atoms with van der Waals surface area (Å²) in [6, 6.07) is 22.9. The van der Waals surface area contributed by atoms with Gasteiger partial charge >= 0.3 is 0 Å². The minimum Gasteiger partial charge on any atom is -0.497 e. The van der Waals surface area contributed by atoms with Gasteiger partial charge < -0.3 is 24.6 Å². The van der Waals surface area contributed by atoms with Gasteiger partial charge in [-0.2, -0.15) is 0 Å². The second-order valence-electron chi connectivity index (χ2n) is 8.62. The minimum absolute atomic E-state index is 0.769. The van der Waals surface area contributed by atoms with E-state index < -0.39 is 0 Å². The zero-order valence-electron chi connectivity index (χ0n) is 19.9. The van der Waals surface area contributed by atoms with Crippen molar-refractivity contribution in [3.05, 3.63) is 72.9 Å². The number of pyridine rings is 1. The van der Waals surface area contributed by atoms with E-state index in [1.807, 2.05) is 30.5 Å². The van der Waals surface area contributed by atoms with E-state index in [1.165, 1.54) is 5.69 Å². The number of benzene rings is 3. The molecule has 1 aliphatic rings. The first-order valence-electron chi connectivity index (χ1n) is 11.6. The smallest absolute Gasteiger partial charge is 0.130 e. The Morgan fingerprint density at radius 2 is 1.62 bits per heavy atom. The molecule has 6 heteroatoms. The van der Waals surface area contributed by atoms with Crippen molar-refractivity contribution in [3.8, 4) is 22.6 Å². The van der Waals surface area contributed by atoms with E-state index in [1.54, 1.807) is 14.2 Å². The van der Waals surface area contributed by atoms with Crippen molar-refractivity contribution in [1.29, 1.82) is 0 Å². The van der Waals surface area contributed by atoms with Crippen LogP contribution in [0.5, 0.6) is 11.5 Å². The fraction of sp³-hybridized carbons (Fsp3) is 0.250. The number of methoxy groups -OCH3 is 2. The summed E-state index contributed by atoms with van der Waals surface area (Å²) in [5.74, 6) is 1.54. The Bertz CT molecular complexity index is 1280.